The van der Waals surface area contributed by atoms with E-state index in [1.54, 1.807) is 6.07 Å². The number of benzene rings is 2. The number of likely N-dealkylation sites (tertiary alicyclic amines) is 1. The van der Waals surface area contributed by atoms with Crippen molar-refractivity contribution in [2.24, 2.45) is 5.92 Å². The molecule has 0 bridgehead atoms. The zero-order valence-electron chi connectivity index (χ0n) is 20.5. The second-order valence-corrected chi connectivity index (χ2v) is 13.2. The molecule has 0 radical (unpaired) electrons. The van der Waals surface area contributed by atoms with E-state index in [4.69, 9.17) is 0 Å². The predicted octanol–water partition coefficient (Wildman–Crippen LogP) is 7.22. The van der Waals surface area contributed by atoms with E-state index >= 15 is 0 Å². The van der Waals surface area contributed by atoms with Gasteiger partial charge in [0, 0.05) is 29.0 Å². The van der Waals surface area contributed by atoms with Crippen molar-refractivity contribution >= 4 is 31.7 Å². The smallest absolute Gasteiger partial charge is 0.340 e. The van der Waals surface area contributed by atoms with Gasteiger partial charge in [0.15, 0.2) is 9.84 Å². The molecular formula is C26H25BrF7NO3S. The van der Waals surface area contributed by atoms with Crippen LogP contribution >= 0.6 is 15.9 Å². The molecule has 0 spiro atoms. The SMILES string of the molecule is O=C(C1CCCCC1)N1CCC(c2ccc(C(F)(C(F)(F)F)C(F)(F)F)cc2)(S(=O)(=O)c2cccc(Br)c2)C1. The van der Waals surface area contributed by atoms with Gasteiger partial charge in [0.05, 0.1) is 4.90 Å². The number of sulfone groups is 1. The molecule has 2 aliphatic rings. The monoisotopic (exact) mass is 643 g/mol. The van der Waals surface area contributed by atoms with Crippen LogP contribution in [-0.4, -0.2) is 44.7 Å². The van der Waals surface area contributed by atoms with Crippen LogP contribution in [0.2, 0.25) is 0 Å². The number of hydrogen-bond donors (Lipinski definition) is 0. The zero-order chi connectivity index (χ0) is 28.9. The number of carbonyl (C=O) groups excluding carboxylic acids is 1. The Bertz CT molecular complexity index is 1310. The van der Waals surface area contributed by atoms with Gasteiger partial charge < -0.3 is 4.90 Å². The Hall–Kier alpha value is -2.15. The van der Waals surface area contributed by atoms with Gasteiger partial charge in [-0.15, -0.1) is 0 Å². The number of alkyl halides is 7. The van der Waals surface area contributed by atoms with Crippen molar-refractivity contribution in [3.05, 3.63) is 64.1 Å². The minimum atomic E-state index is -6.30. The van der Waals surface area contributed by atoms with Crippen molar-refractivity contribution in [3.63, 3.8) is 0 Å². The van der Waals surface area contributed by atoms with Gasteiger partial charge in [-0.3, -0.25) is 4.79 Å². The summed E-state index contributed by atoms with van der Waals surface area (Å²) < 4.78 is 121. The highest BCUT2D eigenvalue weighted by atomic mass is 79.9. The molecule has 1 aliphatic heterocycles. The molecule has 1 atom stereocenters. The predicted molar refractivity (Wildman–Crippen MR) is 132 cm³/mol. The number of nitrogens with zero attached hydrogens (tertiary/aromatic N) is 1. The molecule has 0 N–H and O–H groups in total. The van der Waals surface area contributed by atoms with Gasteiger partial charge in [-0.25, -0.2) is 12.8 Å². The van der Waals surface area contributed by atoms with Crippen LogP contribution < -0.4 is 0 Å². The molecule has 1 aliphatic carbocycles. The fourth-order valence-corrected chi connectivity index (χ4v) is 8.21. The van der Waals surface area contributed by atoms with Crippen molar-refractivity contribution in [2.75, 3.05) is 13.1 Å². The molecule has 13 heteroatoms. The minimum Gasteiger partial charge on any atom is -0.340 e. The van der Waals surface area contributed by atoms with E-state index in [1.165, 1.54) is 23.1 Å². The Balaban J connectivity index is 1.80. The minimum absolute atomic E-state index is 0.0302. The highest BCUT2D eigenvalue weighted by Crippen LogP contribution is 2.54. The van der Waals surface area contributed by atoms with Gasteiger partial charge in [0.2, 0.25) is 5.91 Å². The molecule has 214 valence electrons. The molecule has 0 aromatic heterocycles. The normalized spacial score (nSPS) is 21.8. The van der Waals surface area contributed by atoms with E-state index in [0.29, 0.717) is 29.4 Å². The lowest BCUT2D eigenvalue weighted by Crippen LogP contribution is -2.50. The summed E-state index contributed by atoms with van der Waals surface area (Å²) in [7, 11) is -4.34. The van der Waals surface area contributed by atoms with Crippen molar-refractivity contribution in [1.29, 1.82) is 0 Å². The quantitative estimate of drug-likeness (QED) is 0.323. The molecule has 1 heterocycles. The maximum atomic E-state index is 14.6. The van der Waals surface area contributed by atoms with Gasteiger partial charge in [0.25, 0.3) is 0 Å². The topological polar surface area (TPSA) is 54.5 Å². The summed E-state index contributed by atoms with van der Waals surface area (Å²) >= 11 is 3.21. The van der Waals surface area contributed by atoms with Crippen molar-refractivity contribution in [1.82, 2.24) is 4.90 Å². The van der Waals surface area contributed by atoms with Crippen molar-refractivity contribution in [2.45, 2.75) is 66.2 Å². The second kappa shape index (κ2) is 10.4. The summed E-state index contributed by atoms with van der Waals surface area (Å²) in [5.41, 5.74) is -7.49. The lowest BCUT2D eigenvalue weighted by Gasteiger charge is -2.33. The summed E-state index contributed by atoms with van der Waals surface area (Å²) in [4.78, 5) is 14.5. The first kappa shape index (κ1) is 29.8. The third kappa shape index (κ3) is 5.09. The second-order valence-electron chi connectivity index (χ2n) is 10.0. The molecular weight excluding hydrogens is 619 g/mol. The average molecular weight is 644 g/mol. The number of halogens is 8. The summed E-state index contributed by atoms with van der Waals surface area (Å²) in [6.07, 6.45) is -8.73. The number of rotatable bonds is 5. The molecule has 2 aromatic rings. The van der Waals surface area contributed by atoms with Crippen LogP contribution in [0.1, 0.15) is 49.7 Å². The first-order chi connectivity index (χ1) is 18.0. The Morgan fingerprint density at radius 3 is 2.03 bits per heavy atom. The first-order valence-corrected chi connectivity index (χ1v) is 14.5. The Morgan fingerprint density at radius 1 is 0.897 bits per heavy atom. The molecule has 1 saturated heterocycles. The van der Waals surface area contributed by atoms with Crippen molar-refractivity contribution in [3.8, 4) is 0 Å². The fourth-order valence-electron chi connectivity index (χ4n) is 5.54. The highest BCUT2D eigenvalue weighted by molar-refractivity contribution is 9.10. The van der Waals surface area contributed by atoms with E-state index in [2.05, 4.69) is 15.9 Å². The Morgan fingerprint density at radius 2 is 1.49 bits per heavy atom. The maximum Gasteiger partial charge on any atom is 0.435 e. The molecule has 4 nitrogen and oxygen atoms in total. The van der Waals surface area contributed by atoms with E-state index < -0.39 is 38.2 Å². The summed E-state index contributed by atoms with van der Waals surface area (Å²) in [5, 5.41) is 0. The fraction of sp³-hybridized carbons (Fsp3) is 0.500. The Kier molecular flexibility index (Phi) is 7.92. The van der Waals surface area contributed by atoms with Gasteiger partial charge in [-0.1, -0.05) is 65.5 Å². The van der Waals surface area contributed by atoms with E-state index in [1.807, 2.05) is 0 Å². The van der Waals surface area contributed by atoms with E-state index in [0.717, 1.165) is 31.4 Å². The summed E-state index contributed by atoms with van der Waals surface area (Å²) in [6.45, 7) is -0.307. The van der Waals surface area contributed by atoms with Crippen LogP contribution in [0.4, 0.5) is 30.7 Å². The third-order valence-electron chi connectivity index (χ3n) is 7.71. The molecule has 2 fully saturated rings. The van der Waals surface area contributed by atoms with Gasteiger partial charge >= 0.3 is 18.0 Å². The van der Waals surface area contributed by atoms with Crippen molar-refractivity contribution < 1.29 is 43.9 Å². The largest absolute Gasteiger partial charge is 0.435 e. The molecule has 2 aromatic carbocycles. The highest BCUT2D eigenvalue weighted by Gasteiger charge is 2.73. The van der Waals surface area contributed by atoms with E-state index in [9.17, 15) is 43.9 Å². The number of carbonyl (C=O) groups is 1. The zero-order valence-corrected chi connectivity index (χ0v) is 22.9. The van der Waals surface area contributed by atoms with Crippen LogP contribution in [0.25, 0.3) is 0 Å². The molecule has 1 saturated carbocycles. The van der Waals surface area contributed by atoms with Crippen LogP contribution in [0.3, 0.4) is 0 Å². The summed E-state index contributed by atoms with van der Waals surface area (Å²) in [6, 6.07) is 7.91. The van der Waals surface area contributed by atoms with Gasteiger partial charge in [0.1, 0.15) is 4.75 Å². The average Bonchev–Trinajstić information content (AvgIpc) is 3.34. The van der Waals surface area contributed by atoms with E-state index in [-0.39, 0.29) is 41.8 Å². The first-order valence-electron chi connectivity index (χ1n) is 12.3. The van der Waals surface area contributed by atoms with Crippen LogP contribution in [0.15, 0.2) is 57.9 Å². The third-order valence-corrected chi connectivity index (χ3v) is 10.7. The van der Waals surface area contributed by atoms with Crippen LogP contribution in [0, 0.1) is 5.92 Å². The molecule has 4 rings (SSSR count). The molecule has 1 unspecified atom stereocenters. The number of amides is 1. The van der Waals surface area contributed by atoms with Gasteiger partial charge in [-0.05, 0) is 43.0 Å². The summed E-state index contributed by atoms with van der Waals surface area (Å²) in [5.74, 6) is -0.509. The van der Waals surface area contributed by atoms with Crippen LogP contribution in [0.5, 0.6) is 0 Å². The van der Waals surface area contributed by atoms with Crippen LogP contribution in [-0.2, 0) is 25.0 Å². The lowest BCUT2D eigenvalue weighted by molar-refractivity contribution is -0.348. The maximum absolute atomic E-state index is 14.6. The molecule has 1 amide bonds. The van der Waals surface area contributed by atoms with Gasteiger partial charge in [-0.2, -0.15) is 26.3 Å². The lowest BCUT2D eigenvalue weighted by atomic mass is 9.88. The number of hydrogen-bond acceptors (Lipinski definition) is 3. The Labute approximate surface area is 229 Å². The standard InChI is InChI=1S/C26H25BrF7NO3S/c27-20-7-4-8-21(15-20)39(37,38)23(13-14-35(16-23)22(36)17-5-2-1-3-6-17)18-9-11-19(12-10-18)24(28,25(29,30)31)26(32,33)34/h4,7-12,15,17H,1-3,5-6,13-14,16H2. The molecule has 39 heavy (non-hydrogen) atoms.